The van der Waals surface area contributed by atoms with Crippen LogP contribution in [0.15, 0.2) is 58.1 Å². The van der Waals surface area contributed by atoms with Gasteiger partial charge in [-0.05, 0) is 41.8 Å². The molecule has 1 amide bonds. The first-order valence-electron chi connectivity index (χ1n) is 9.49. The van der Waals surface area contributed by atoms with Crippen LogP contribution in [0, 0.1) is 0 Å². The van der Waals surface area contributed by atoms with Crippen molar-refractivity contribution in [1.82, 2.24) is 5.01 Å². The van der Waals surface area contributed by atoms with Crippen molar-refractivity contribution in [3.8, 4) is 0 Å². The van der Waals surface area contributed by atoms with E-state index in [1.54, 1.807) is 0 Å². The Morgan fingerprint density at radius 3 is 2.52 bits per heavy atom. The van der Waals surface area contributed by atoms with Crippen molar-refractivity contribution in [2.45, 2.75) is 31.7 Å². The molecule has 1 N–H and O–H groups in total. The average Bonchev–Trinajstić information content (AvgIpc) is 3.13. The summed E-state index contributed by atoms with van der Waals surface area (Å²) in [4.78, 5) is 25.6. The molecule has 1 aliphatic rings. The van der Waals surface area contributed by atoms with Gasteiger partial charge in [-0.25, -0.2) is 5.01 Å². The van der Waals surface area contributed by atoms with Crippen molar-refractivity contribution in [2.75, 3.05) is 19.0 Å². The van der Waals surface area contributed by atoms with Gasteiger partial charge in [-0.15, -0.1) is 0 Å². The Labute approximate surface area is 179 Å². The van der Waals surface area contributed by atoms with Crippen molar-refractivity contribution in [1.29, 1.82) is 0 Å². The number of carboxylic acid groups (broad SMARTS) is 1. The largest absolute Gasteiger partial charge is 0.481 e. The van der Waals surface area contributed by atoms with Crippen LogP contribution in [0.2, 0.25) is 0 Å². The van der Waals surface area contributed by atoms with Crippen molar-refractivity contribution < 1.29 is 14.7 Å². The van der Waals surface area contributed by atoms with Gasteiger partial charge in [0.25, 0.3) is 0 Å². The van der Waals surface area contributed by atoms with E-state index in [0.717, 1.165) is 27.0 Å². The molecule has 1 atom stereocenters. The Hall–Kier alpha value is -2.67. The third-order valence-electron chi connectivity index (χ3n) is 4.90. The standard InChI is InChI=1S/C22H24BrN3O3/c1-25(2)18-11-9-15(10-12-18)19-14-20(16-5-3-6-17(23)13-16)26(24-19)21(27)7-4-8-22(28)29/h3,5-6,9-13,20H,4,7-8,14H2,1-2H3,(H,28,29)/t20-/m1/s1. The van der Waals surface area contributed by atoms with E-state index >= 15 is 0 Å². The molecule has 152 valence electrons. The van der Waals surface area contributed by atoms with Crippen LogP contribution < -0.4 is 4.90 Å². The molecule has 2 aromatic rings. The van der Waals surface area contributed by atoms with Crippen molar-refractivity contribution >= 4 is 39.2 Å². The van der Waals surface area contributed by atoms with Crippen LogP contribution in [0.3, 0.4) is 0 Å². The molecule has 0 fully saturated rings. The first-order chi connectivity index (χ1) is 13.8. The number of carbonyl (C=O) groups excluding carboxylic acids is 1. The van der Waals surface area contributed by atoms with E-state index in [1.165, 1.54) is 5.01 Å². The number of nitrogens with zero attached hydrogens (tertiary/aromatic N) is 3. The van der Waals surface area contributed by atoms with Crippen molar-refractivity contribution in [3.63, 3.8) is 0 Å². The molecule has 0 spiro atoms. The summed E-state index contributed by atoms with van der Waals surface area (Å²) in [6, 6.07) is 15.8. The van der Waals surface area contributed by atoms with E-state index in [0.29, 0.717) is 12.8 Å². The number of amides is 1. The number of carboxylic acids is 1. The molecule has 6 nitrogen and oxygen atoms in total. The van der Waals surface area contributed by atoms with Crippen LogP contribution in [0.5, 0.6) is 0 Å². The van der Waals surface area contributed by atoms with Crippen LogP contribution in [-0.4, -0.2) is 41.8 Å². The Morgan fingerprint density at radius 1 is 1.17 bits per heavy atom. The molecule has 0 saturated heterocycles. The lowest BCUT2D eigenvalue weighted by Crippen LogP contribution is -2.27. The molecule has 0 aromatic heterocycles. The lowest BCUT2D eigenvalue weighted by Gasteiger charge is -2.22. The van der Waals surface area contributed by atoms with Crippen molar-refractivity contribution in [2.24, 2.45) is 5.10 Å². The van der Waals surface area contributed by atoms with E-state index in [9.17, 15) is 9.59 Å². The molecule has 7 heteroatoms. The maximum absolute atomic E-state index is 12.8. The molecule has 1 heterocycles. The Balaban J connectivity index is 1.86. The number of aliphatic carboxylic acids is 1. The van der Waals surface area contributed by atoms with Crippen LogP contribution in [0.1, 0.15) is 42.9 Å². The Morgan fingerprint density at radius 2 is 1.90 bits per heavy atom. The summed E-state index contributed by atoms with van der Waals surface area (Å²) in [5, 5.41) is 15.0. The third kappa shape index (κ3) is 5.23. The van der Waals surface area contributed by atoms with Gasteiger partial charge < -0.3 is 10.0 Å². The van der Waals surface area contributed by atoms with Crippen LogP contribution >= 0.6 is 15.9 Å². The highest BCUT2D eigenvalue weighted by atomic mass is 79.9. The zero-order valence-corrected chi connectivity index (χ0v) is 18.1. The highest BCUT2D eigenvalue weighted by Crippen LogP contribution is 2.34. The van der Waals surface area contributed by atoms with E-state index in [2.05, 4.69) is 21.0 Å². The molecule has 1 aliphatic heterocycles. The van der Waals surface area contributed by atoms with E-state index in [-0.39, 0.29) is 24.8 Å². The number of hydrazone groups is 1. The summed E-state index contributed by atoms with van der Waals surface area (Å²) in [5.74, 6) is -1.05. The maximum Gasteiger partial charge on any atom is 0.303 e. The summed E-state index contributed by atoms with van der Waals surface area (Å²) in [5.41, 5.74) is 3.93. The molecule has 2 aromatic carbocycles. The van der Waals surface area contributed by atoms with Gasteiger partial charge in [-0.1, -0.05) is 40.2 Å². The second kappa shape index (κ2) is 9.22. The Kier molecular flexibility index (Phi) is 6.69. The normalized spacial score (nSPS) is 15.9. The molecule has 0 aliphatic carbocycles. The van der Waals surface area contributed by atoms with Gasteiger partial charge in [-0.2, -0.15) is 5.10 Å². The number of carbonyl (C=O) groups is 2. The van der Waals surface area contributed by atoms with Gasteiger partial charge in [0.15, 0.2) is 0 Å². The molecular weight excluding hydrogens is 434 g/mol. The van der Waals surface area contributed by atoms with E-state index < -0.39 is 5.97 Å². The minimum Gasteiger partial charge on any atom is -0.481 e. The summed E-state index contributed by atoms with van der Waals surface area (Å²) >= 11 is 3.49. The number of benzene rings is 2. The summed E-state index contributed by atoms with van der Waals surface area (Å²) in [7, 11) is 3.98. The number of halogens is 1. The number of rotatable bonds is 7. The SMILES string of the molecule is CN(C)c1ccc(C2=NN(C(=O)CCCC(=O)O)[C@@H](c3cccc(Br)c3)C2)cc1. The third-order valence-corrected chi connectivity index (χ3v) is 5.39. The van der Waals surface area contributed by atoms with Gasteiger partial charge in [-0.3, -0.25) is 9.59 Å². The fourth-order valence-electron chi connectivity index (χ4n) is 3.35. The summed E-state index contributed by atoms with van der Waals surface area (Å²) in [6.07, 6.45) is 1.05. The van der Waals surface area contributed by atoms with E-state index in [4.69, 9.17) is 5.11 Å². The van der Waals surface area contributed by atoms with Gasteiger partial charge in [0.1, 0.15) is 0 Å². The first-order valence-corrected chi connectivity index (χ1v) is 10.3. The molecule has 0 radical (unpaired) electrons. The molecule has 0 saturated carbocycles. The monoisotopic (exact) mass is 457 g/mol. The highest BCUT2D eigenvalue weighted by molar-refractivity contribution is 9.10. The summed E-state index contributed by atoms with van der Waals surface area (Å²) < 4.78 is 0.942. The maximum atomic E-state index is 12.8. The van der Waals surface area contributed by atoms with Crippen LogP contribution in [0.4, 0.5) is 5.69 Å². The average molecular weight is 458 g/mol. The second-order valence-electron chi connectivity index (χ2n) is 7.25. The van der Waals surface area contributed by atoms with E-state index in [1.807, 2.05) is 67.5 Å². The quantitative estimate of drug-likeness (QED) is 0.666. The zero-order chi connectivity index (χ0) is 21.0. The fourth-order valence-corrected chi connectivity index (χ4v) is 3.76. The molecule has 3 rings (SSSR count). The van der Waals surface area contributed by atoms with Crippen LogP contribution in [-0.2, 0) is 9.59 Å². The smallest absolute Gasteiger partial charge is 0.303 e. The number of hydrogen-bond donors (Lipinski definition) is 1. The van der Waals surface area contributed by atoms with Crippen molar-refractivity contribution in [3.05, 3.63) is 64.1 Å². The first kappa shape index (κ1) is 21.0. The molecular formula is C22H24BrN3O3. The Bertz CT molecular complexity index is 925. The lowest BCUT2D eigenvalue weighted by atomic mass is 9.98. The number of anilines is 1. The van der Waals surface area contributed by atoms with Crippen LogP contribution in [0.25, 0.3) is 0 Å². The predicted molar refractivity (Wildman–Crippen MR) is 117 cm³/mol. The second-order valence-corrected chi connectivity index (χ2v) is 8.16. The number of hydrogen-bond acceptors (Lipinski definition) is 4. The highest BCUT2D eigenvalue weighted by Gasteiger charge is 2.32. The van der Waals surface area contributed by atoms with Gasteiger partial charge >= 0.3 is 5.97 Å². The topological polar surface area (TPSA) is 73.2 Å². The lowest BCUT2D eigenvalue weighted by molar-refractivity contribution is -0.137. The minimum atomic E-state index is -0.895. The fraction of sp³-hybridized carbons (Fsp3) is 0.318. The predicted octanol–water partition coefficient (Wildman–Crippen LogP) is 4.45. The van der Waals surface area contributed by atoms with Gasteiger partial charge in [0.2, 0.25) is 5.91 Å². The summed E-state index contributed by atoms with van der Waals surface area (Å²) in [6.45, 7) is 0. The zero-order valence-electron chi connectivity index (χ0n) is 16.5. The molecule has 0 bridgehead atoms. The van der Waals surface area contributed by atoms with Gasteiger partial charge in [0.05, 0.1) is 11.8 Å². The van der Waals surface area contributed by atoms with Gasteiger partial charge in [0, 0.05) is 43.5 Å². The minimum absolute atomic E-state index is 0.0241. The molecule has 0 unspecified atom stereocenters. The molecule has 29 heavy (non-hydrogen) atoms.